The summed E-state index contributed by atoms with van der Waals surface area (Å²) in [5.41, 5.74) is 1.20. The summed E-state index contributed by atoms with van der Waals surface area (Å²) in [6, 6.07) is 6.82. The Morgan fingerprint density at radius 1 is 1.38 bits per heavy atom. The minimum Gasteiger partial charge on any atom is -0.478 e. The van der Waals surface area contributed by atoms with Gasteiger partial charge < -0.3 is 14.9 Å². The molecule has 3 rings (SSSR count). The highest BCUT2D eigenvalue weighted by Crippen LogP contribution is 2.31. The number of nitrogens with zero attached hydrogens (tertiary/aromatic N) is 2. The molecule has 0 bridgehead atoms. The standard InChI is InChI=1S/C18H23N3O3/c1-12(19-11-13-6-5-9-15(10-13)18(22)23)17-20-16(21-24-17)14-7-3-2-4-8-14/h5-6,9-10,12,14,19H,2-4,7-8,11H2,1H3,(H,22,23). The molecule has 0 spiro atoms. The van der Waals surface area contributed by atoms with Gasteiger partial charge in [0.25, 0.3) is 0 Å². The van der Waals surface area contributed by atoms with E-state index in [9.17, 15) is 4.79 Å². The van der Waals surface area contributed by atoms with Crippen molar-refractivity contribution in [3.8, 4) is 0 Å². The lowest BCUT2D eigenvalue weighted by Crippen LogP contribution is -2.18. The van der Waals surface area contributed by atoms with Crippen LogP contribution in [0.4, 0.5) is 0 Å². The van der Waals surface area contributed by atoms with Crippen LogP contribution in [0.1, 0.15) is 78.6 Å². The molecule has 6 nitrogen and oxygen atoms in total. The normalized spacial score (nSPS) is 16.9. The minimum atomic E-state index is -0.918. The quantitative estimate of drug-likeness (QED) is 0.840. The van der Waals surface area contributed by atoms with Gasteiger partial charge in [0.1, 0.15) is 0 Å². The monoisotopic (exact) mass is 329 g/mol. The van der Waals surface area contributed by atoms with Crippen LogP contribution in [0.5, 0.6) is 0 Å². The summed E-state index contributed by atoms with van der Waals surface area (Å²) in [4.78, 5) is 15.6. The highest BCUT2D eigenvalue weighted by Gasteiger charge is 2.22. The fourth-order valence-corrected chi connectivity index (χ4v) is 3.12. The lowest BCUT2D eigenvalue weighted by atomic mass is 9.89. The topological polar surface area (TPSA) is 88.2 Å². The van der Waals surface area contributed by atoms with Gasteiger partial charge in [0.2, 0.25) is 5.89 Å². The average Bonchev–Trinajstić information content (AvgIpc) is 3.11. The molecule has 1 aromatic heterocycles. The summed E-state index contributed by atoms with van der Waals surface area (Å²) in [6.45, 7) is 2.52. The first-order valence-corrected chi connectivity index (χ1v) is 8.52. The fraction of sp³-hybridized carbons (Fsp3) is 0.500. The van der Waals surface area contributed by atoms with E-state index in [-0.39, 0.29) is 6.04 Å². The number of rotatable bonds is 6. The molecular formula is C18H23N3O3. The van der Waals surface area contributed by atoms with E-state index < -0.39 is 5.97 Å². The zero-order valence-electron chi connectivity index (χ0n) is 13.9. The zero-order valence-corrected chi connectivity index (χ0v) is 13.9. The summed E-state index contributed by atoms with van der Waals surface area (Å²) in [6.07, 6.45) is 6.06. The summed E-state index contributed by atoms with van der Waals surface area (Å²) in [5.74, 6) is 0.922. The maximum atomic E-state index is 11.0. The van der Waals surface area contributed by atoms with Crippen molar-refractivity contribution in [1.82, 2.24) is 15.5 Å². The minimum absolute atomic E-state index is 0.0803. The molecule has 2 N–H and O–H groups in total. The molecule has 24 heavy (non-hydrogen) atoms. The molecular weight excluding hydrogens is 306 g/mol. The Morgan fingerprint density at radius 3 is 2.92 bits per heavy atom. The molecule has 1 heterocycles. The summed E-state index contributed by atoms with van der Waals surface area (Å²) in [7, 11) is 0. The molecule has 1 aromatic carbocycles. The van der Waals surface area contributed by atoms with Crippen LogP contribution in [0, 0.1) is 0 Å². The van der Waals surface area contributed by atoms with Crippen LogP contribution >= 0.6 is 0 Å². The predicted octanol–water partition coefficient (Wildman–Crippen LogP) is 3.67. The Kier molecular flexibility index (Phi) is 5.25. The van der Waals surface area contributed by atoms with Crippen molar-refractivity contribution in [1.29, 1.82) is 0 Å². The van der Waals surface area contributed by atoms with Gasteiger partial charge in [-0.1, -0.05) is 36.6 Å². The first kappa shape index (κ1) is 16.6. The smallest absolute Gasteiger partial charge is 0.335 e. The van der Waals surface area contributed by atoms with E-state index in [0.29, 0.717) is 23.9 Å². The molecule has 128 valence electrons. The second-order valence-corrected chi connectivity index (χ2v) is 6.43. The van der Waals surface area contributed by atoms with Gasteiger partial charge in [-0.15, -0.1) is 0 Å². The van der Waals surface area contributed by atoms with Crippen molar-refractivity contribution in [3.05, 3.63) is 47.1 Å². The van der Waals surface area contributed by atoms with Gasteiger partial charge >= 0.3 is 5.97 Å². The molecule has 1 saturated carbocycles. The lowest BCUT2D eigenvalue weighted by molar-refractivity contribution is 0.0696. The van der Waals surface area contributed by atoms with Gasteiger partial charge in [-0.25, -0.2) is 4.79 Å². The third-order valence-electron chi connectivity index (χ3n) is 4.58. The molecule has 1 fully saturated rings. The van der Waals surface area contributed by atoms with Crippen molar-refractivity contribution in [3.63, 3.8) is 0 Å². The Labute approximate surface area is 141 Å². The van der Waals surface area contributed by atoms with Gasteiger partial charge in [0.05, 0.1) is 11.6 Å². The van der Waals surface area contributed by atoms with Crippen LogP contribution in [0.3, 0.4) is 0 Å². The largest absolute Gasteiger partial charge is 0.478 e. The fourth-order valence-electron chi connectivity index (χ4n) is 3.12. The van der Waals surface area contributed by atoms with Crippen LogP contribution in [-0.2, 0) is 6.54 Å². The molecule has 1 unspecified atom stereocenters. The van der Waals surface area contributed by atoms with Crippen molar-refractivity contribution in [2.75, 3.05) is 0 Å². The average molecular weight is 329 g/mol. The maximum Gasteiger partial charge on any atom is 0.335 e. The second kappa shape index (κ2) is 7.57. The van der Waals surface area contributed by atoms with E-state index in [2.05, 4.69) is 15.5 Å². The van der Waals surface area contributed by atoms with Crippen LogP contribution < -0.4 is 5.32 Å². The molecule has 6 heteroatoms. The van der Waals surface area contributed by atoms with Crippen LogP contribution in [0.25, 0.3) is 0 Å². The third-order valence-corrected chi connectivity index (χ3v) is 4.58. The van der Waals surface area contributed by atoms with Crippen molar-refractivity contribution in [2.24, 2.45) is 0 Å². The van der Waals surface area contributed by atoms with E-state index >= 15 is 0 Å². The summed E-state index contributed by atoms with van der Waals surface area (Å²) in [5, 5.41) is 16.5. The highest BCUT2D eigenvalue weighted by atomic mass is 16.5. The van der Waals surface area contributed by atoms with Gasteiger partial charge in [-0.3, -0.25) is 0 Å². The Balaban J connectivity index is 1.59. The number of nitrogens with one attached hydrogen (secondary N) is 1. The molecule has 0 saturated heterocycles. The number of carbonyl (C=O) groups is 1. The number of aromatic nitrogens is 2. The predicted molar refractivity (Wildman–Crippen MR) is 88.8 cm³/mol. The first-order chi connectivity index (χ1) is 11.6. The molecule has 0 aliphatic heterocycles. The van der Waals surface area contributed by atoms with E-state index in [1.807, 2.05) is 13.0 Å². The van der Waals surface area contributed by atoms with Gasteiger partial charge in [-0.05, 0) is 37.5 Å². The van der Waals surface area contributed by atoms with Crippen LogP contribution in [-0.4, -0.2) is 21.2 Å². The molecule has 2 aromatic rings. The van der Waals surface area contributed by atoms with E-state index in [1.165, 1.54) is 19.3 Å². The number of hydrogen-bond donors (Lipinski definition) is 2. The molecule has 0 radical (unpaired) electrons. The third kappa shape index (κ3) is 4.00. The molecule has 1 atom stereocenters. The van der Waals surface area contributed by atoms with Crippen molar-refractivity contribution in [2.45, 2.75) is 57.5 Å². The molecule has 0 amide bonds. The number of carboxylic acid groups (broad SMARTS) is 1. The van der Waals surface area contributed by atoms with Gasteiger partial charge in [0.15, 0.2) is 5.82 Å². The van der Waals surface area contributed by atoms with E-state index in [1.54, 1.807) is 18.2 Å². The first-order valence-electron chi connectivity index (χ1n) is 8.52. The Hall–Kier alpha value is -2.21. The van der Waals surface area contributed by atoms with E-state index in [4.69, 9.17) is 9.63 Å². The Morgan fingerprint density at radius 2 is 2.17 bits per heavy atom. The lowest BCUT2D eigenvalue weighted by Gasteiger charge is -2.17. The second-order valence-electron chi connectivity index (χ2n) is 6.43. The van der Waals surface area contributed by atoms with Crippen molar-refractivity contribution >= 4 is 5.97 Å². The van der Waals surface area contributed by atoms with Crippen molar-refractivity contribution < 1.29 is 14.4 Å². The van der Waals surface area contributed by atoms with Crippen LogP contribution in [0.2, 0.25) is 0 Å². The SMILES string of the molecule is CC(NCc1cccc(C(=O)O)c1)c1nc(C2CCCCC2)no1. The summed E-state index contributed by atoms with van der Waals surface area (Å²) >= 11 is 0. The highest BCUT2D eigenvalue weighted by molar-refractivity contribution is 5.87. The molecule has 1 aliphatic carbocycles. The zero-order chi connectivity index (χ0) is 16.9. The van der Waals surface area contributed by atoms with Gasteiger partial charge in [-0.2, -0.15) is 4.98 Å². The summed E-state index contributed by atoms with van der Waals surface area (Å²) < 4.78 is 5.41. The molecule has 1 aliphatic rings. The van der Waals surface area contributed by atoms with Crippen LogP contribution in [0.15, 0.2) is 28.8 Å². The van der Waals surface area contributed by atoms with E-state index in [0.717, 1.165) is 24.2 Å². The number of carboxylic acids is 1. The maximum absolute atomic E-state index is 11.0. The van der Waals surface area contributed by atoms with Gasteiger partial charge in [0, 0.05) is 12.5 Å². The Bertz CT molecular complexity index is 692. The number of hydrogen-bond acceptors (Lipinski definition) is 5. The number of aromatic carboxylic acids is 1. The number of benzene rings is 1.